The minimum atomic E-state index is 0.322. The fourth-order valence-corrected chi connectivity index (χ4v) is 2.35. The number of halogens is 3. The van der Waals surface area contributed by atoms with Crippen molar-refractivity contribution < 1.29 is 4.74 Å². The van der Waals surface area contributed by atoms with Gasteiger partial charge < -0.3 is 10.5 Å². The number of nitrogen functional groups attached to an aromatic ring is 1. The van der Waals surface area contributed by atoms with Gasteiger partial charge in [-0.25, -0.2) is 0 Å². The molecule has 0 saturated carbocycles. The first kappa shape index (κ1) is 13.5. The summed E-state index contributed by atoms with van der Waals surface area (Å²) in [6.07, 6.45) is 0. The van der Waals surface area contributed by atoms with Gasteiger partial charge in [0.1, 0.15) is 6.61 Å². The first-order valence-corrected chi connectivity index (χ1v) is 6.73. The largest absolute Gasteiger partial charge is 0.486 e. The normalized spacial score (nSPS) is 10.4. The molecule has 18 heavy (non-hydrogen) atoms. The Balaban J connectivity index is 2.16. The summed E-state index contributed by atoms with van der Waals surface area (Å²) in [5, 5.41) is 0.969. The molecule has 0 atom stereocenters. The zero-order valence-electron chi connectivity index (χ0n) is 9.29. The molecule has 0 unspecified atom stereocenters. The molecule has 0 radical (unpaired) electrons. The molecule has 0 aliphatic carbocycles. The Morgan fingerprint density at radius 3 is 2.39 bits per heavy atom. The van der Waals surface area contributed by atoms with Crippen molar-refractivity contribution in [3.05, 3.63) is 56.5 Å². The van der Waals surface area contributed by atoms with E-state index in [0.29, 0.717) is 28.1 Å². The average Bonchev–Trinajstić information content (AvgIpc) is 2.31. The molecule has 2 N–H and O–H groups in total. The maximum absolute atomic E-state index is 6.01. The average molecular weight is 347 g/mol. The molecule has 0 bridgehead atoms. The van der Waals surface area contributed by atoms with E-state index in [-0.39, 0.29) is 0 Å². The highest BCUT2D eigenvalue weighted by molar-refractivity contribution is 9.10. The molecule has 0 aliphatic rings. The van der Waals surface area contributed by atoms with E-state index in [1.54, 1.807) is 18.2 Å². The summed E-state index contributed by atoms with van der Waals surface area (Å²) in [4.78, 5) is 0. The number of ether oxygens (including phenoxy) is 1. The number of hydrogen-bond acceptors (Lipinski definition) is 2. The van der Waals surface area contributed by atoms with E-state index >= 15 is 0 Å². The first-order chi connectivity index (χ1) is 8.58. The van der Waals surface area contributed by atoms with Crippen LogP contribution in [0.4, 0.5) is 5.69 Å². The molecule has 0 aliphatic heterocycles. The maximum atomic E-state index is 6.01. The minimum absolute atomic E-state index is 0.322. The van der Waals surface area contributed by atoms with Gasteiger partial charge in [-0.1, -0.05) is 51.3 Å². The Kier molecular flexibility index (Phi) is 4.38. The number of anilines is 1. The summed E-state index contributed by atoms with van der Waals surface area (Å²) in [6, 6.07) is 10.9. The highest BCUT2D eigenvalue weighted by atomic mass is 79.9. The Morgan fingerprint density at radius 2 is 1.78 bits per heavy atom. The third kappa shape index (κ3) is 3.10. The van der Waals surface area contributed by atoms with Gasteiger partial charge in [0.2, 0.25) is 0 Å². The Labute approximate surface area is 124 Å². The van der Waals surface area contributed by atoms with Crippen molar-refractivity contribution in [1.82, 2.24) is 0 Å². The lowest BCUT2D eigenvalue weighted by Gasteiger charge is -2.11. The van der Waals surface area contributed by atoms with E-state index in [0.717, 1.165) is 10.0 Å². The number of rotatable bonds is 3. The smallest absolute Gasteiger partial charge is 0.156 e. The van der Waals surface area contributed by atoms with Gasteiger partial charge in [0.05, 0.1) is 10.0 Å². The summed E-state index contributed by atoms with van der Waals surface area (Å²) in [6.45, 7) is 0.322. The van der Waals surface area contributed by atoms with Crippen LogP contribution in [-0.2, 0) is 6.61 Å². The summed E-state index contributed by atoms with van der Waals surface area (Å²) >= 11 is 15.4. The topological polar surface area (TPSA) is 35.2 Å². The van der Waals surface area contributed by atoms with E-state index < -0.39 is 0 Å². The van der Waals surface area contributed by atoms with Gasteiger partial charge >= 0.3 is 0 Å². The van der Waals surface area contributed by atoms with Crippen molar-refractivity contribution in [2.45, 2.75) is 6.61 Å². The van der Waals surface area contributed by atoms with Crippen molar-refractivity contribution >= 4 is 44.8 Å². The predicted octanol–water partition coefficient (Wildman–Crippen LogP) is 4.92. The molecule has 0 saturated heterocycles. The highest BCUT2D eigenvalue weighted by Gasteiger charge is 2.08. The van der Waals surface area contributed by atoms with Gasteiger partial charge in [0, 0.05) is 15.7 Å². The van der Waals surface area contributed by atoms with Gasteiger partial charge in [0.15, 0.2) is 5.75 Å². The van der Waals surface area contributed by atoms with Crippen LogP contribution in [0.25, 0.3) is 0 Å². The van der Waals surface area contributed by atoms with E-state index in [1.807, 2.05) is 18.2 Å². The second-order valence-corrected chi connectivity index (χ2v) is 5.41. The Morgan fingerprint density at radius 1 is 1.11 bits per heavy atom. The minimum Gasteiger partial charge on any atom is -0.486 e. The zero-order valence-corrected chi connectivity index (χ0v) is 12.4. The summed E-state index contributed by atoms with van der Waals surface area (Å²) in [5.41, 5.74) is 7.43. The zero-order chi connectivity index (χ0) is 13.1. The molecule has 2 nitrogen and oxygen atoms in total. The maximum Gasteiger partial charge on any atom is 0.156 e. The monoisotopic (exact) mass is 345 g/mol. The van der Waals surface area contributed by atoms with Gasteiger partial charge in [-0.05, 0) is 24.3 Å². The van der Waals surface area contributed by atoms with Gasteiger partial charge in [-0.2, -0.15) is 0 Å². The van der Waals surface area contributed by atoms with Gasteiger partial charge in [0.25, 0.3) is 0 Å². The van der Waals surface area contributed by atoms with Crippen LogP contribution in [0.2, 0.25) is 10.0 Å². The van der Waals surface area contributed by atoms with E-state index in [1.165, 1.54) is 0 Å². The molecule has 0 aromatic heterocycles. The molecular formula is C13H10BrCl2NO. The summed E-state index contributed by atoms with van der Waals surface area (Å²) < 4.78 is 6.55. The highest BCUT2D eigenvalue weighted by Crippen LogP contribution is 2.33. The van der Waals surface area contributed by atoms with Gasteiger partial charge in [-0.3, -0.25) is 0 Å². The van der Waals surface area contributed by atoms with Crippen molar-refractivity contribution in [3.63, 3.8) is 0 Å². The molecular weight excluding hydrogens is 337 g/mol. The number of benzene rings is 2. The SMILES string of the molecule is Nc1cc(Br)ccc1COc1c(Cl)cccc1Cl. The second kappa shape index (κ2) is 5.83. The van der Waals surface area contributed by atoms with Crippen LogP contribution in [0, 0.1) is 0 Å². The van der Waals surface area contributed by atoms with E-state index in [4.69, 9.17) is 33.7 Å². The summed E-state index contributed by atoms with van der Waals surface area (Å²) in [7, 11) is 0. The van der Waals surface area contributed by atoms with Crippen LogP contribution in [-0.4, -0.2) is 0 Å². The van der Waals surface area contributed by atoms with Crippen LogP contribution >= 0.6 is 39.1 Å². The molecule has 0 amide bonds. The van der Waals surface area contributed by atoms with Crippen LogP contribution in [0.3, 0.4) is 0 Å². The lowest BCUT2D eigenvalue weighted by molar-refractivity contribution is 0.307. The van der Waals surface area contributed by atoms with Crippen LogP contribution in [0.1, 0.15) is 5.56 Å². The van der Waals surface area contributed by atoms with Crippen molar-refractivity contribution in [2.24, 2.45) is 0 Å². The van der Waals surface area contributed by atoms with E-state index in [9.17, 15) is 0 Å². The third-order valence-electron chi connectivity index (χ3n) is 2.40. The van der Waals surface area contributed by atoms with Crippen molar-refractivity contribution in [1.29, 1.82) is 0 Å². The summed E-state index contributed by atoms with van der Waals surface area (Å²) in [5.74, 6) is 0.475. The Hall–Kier alpha value is -0.900. The van der Waals surface area contributed by atoms with E-state index in [2.05, 4.69) is 15.9 Å². The standard InChI is InChI=1S/C13H10BrCl2NO/c14-9-5-4-8(12(17)6-9)7-18-13-10(15)2-1-3-11(13)16/h1-6H,7,17H2. The number of para-hydroxylation sites is 1. The molecule has 0 heterocycles. The molecule has 94 valence electrons. The fourth-order valence-electron chi connectivity index (χ4n) is 1.47. The molecule has 0 spiro atoms. The first-order valence-electron chi connectivity index (χ1n) is 5.18. The quantitative estimate of drug-likeness (QED) is 0.801. The van der Waals surface area contributed by atoms with Crippen LogP contribution in [0.15, 0.2) is 40.9 Å². The fraction of sp³-hybridized carbons (Fsp3) is 0.0769. The lowest BCUT2D eigenvalue weighted by atomic mass is 10.2. The van der Waals surface area contributed by atoms with Crippen molar-refractivity contribution in [3.8, 4) is 5.75 Å². The molecule has 5 heteroatoms. The number of hydrogen-bond donors (Lipinski definition) is 1. The van der Waals surface area contributed by atoms with Gasteiger partial charge in [-0.15, -0.1) is 0 Å². The Bertz CT molecular complexity index is 555. The molecule has 2 rings (SSSR count). The lowest BCUT2D eigenvalue weighted by Crippen LogP contribution is -2.00. The van der Waals surface area contributed by atoms with Crippen LogP contribution < -0.4 is 10.5 Å². The van der Waals surface area contributed by atoms with Crippen LogP contribution in [0.5, 0.6) is 5.75 Å². The third-order valence-corrected chi connectivity index (χ3v) is 3.49. The van der Waals surface area contributed by atoms with Crippen molar-refractivity contribution in [2.75, 3.05) is 5.73 Å². The predicted molar refractivity (Wildman–Crippen MR) is 79.3 cm³/mol. The second-order valence-electron chi connectivity index (χ2n) is 3.68. The molecule has 2 aromatic rings. The molecule has 2 aromatic carbocycles. The number of nitrogens with two attached hydrogens (primary N) is 1. The molecule has 0 fully saturated rings.